The number of hydrogen-bond donors (Lipinski definition) is 0. The molecule has 0 spiro atoms. The summed E-state index contributed by atoms with van der Waals surface area (Å²) >= 11 is 12.0. The van der Waals surface area contributed by atoms with E-state index in [-0.39, 0.29) is 5.56 Å². The van der Waals surface area contributed by atoms with Crippen LogP contribution in [0.15, 0.2) is 23.0 Å². The van der Waals surface area contributed by atoms with Gasteiger partial charge in [0, 0.05) is 23.4 Å². The predicted octanol–water partition coefficient (Wildman–Crippen LogP) is 2.29. The average molecular weight is 250 g/mol. The summed E-state index contributed by atoms with van der Waals surface area (Å²) in [6, 6.07) is 5.20. The van der Waals surface area contributed by atoms with Gasteiger partial charge >= 0.3 is 0 Å². The zero-order valence-electron chi connectivity index (χ0n) is 8.26. The molecule has 1 atom stereocenters. The minimum absolute atomic E-state index is 0.00510. The van der Waals surface area contributed by atoms with Gasteiger partial charge in [-0.25, -0.2) is 0 Å². The van der Waals surface area contributed by atoms with Crippen LogP contribution in [-0.2, 0) is 6.17 Å². The molecule has 0 aliphatic carbocycles. The van der Waals surface area contributed by atoms with Crippen LogP contribution in [0.3, 0.4) is 0 Å². The lowest BCUT2D eigenvalue weighted by Crippen LogP contribution is -2.37. The number of aromatic nitrogens is 1. The van der Waals surface area contributed by atoms with Crippen LogP contribution in [0, 0.1) is 6.92 Å². The predicted molar refractivity (Wildman–Crippen MR) is 63.6 cm³/mol. The van der Waals surface area contributed by atoms with Gasteiger partial charge in [-0.2, -0.15) is 11.1 Å². The van der Waals surface area contributed by atoms with E-state index in [1.54, 1.807) is 16.7 Å². The molecule has 0 fully saturated rings. The van der Waals surface area contributed by atoms with E-state index in [9.17, 15) is 4.79 Å². The lowest BCUT2D eigenvalue weighted by molar-refractivity contribution is 0.777. The van der Waals surface area contributed by atoms with Crippen molar-refractivity contribution in [2.45, 2.75) is 19.6 Å². The molecule has 0 bridgehead atoms. The van der Waals surface area contributed by atoms with Crippen LogP contribution in [0.1, 0.15) is 5.69 Å². The third kappa shape index (κ3) is 2.87. The highest BCUT2D eigenvalue weighted by atomic mass is 35.6. The Morgan fingerprint density at radius 3 is 2.64 bits per heavy atom. The molecule has 0 aliphatic heterocycles. The first kappa shape index (κ1) is 11.8. The van der Waals surface area contributed by atoms with Gasteiger partial charge in [0.2, 0.25) is 5.56 Å². The second kappa shape index (κ2) is 4.51. The molecule has 0 aromatic carbocycles. The molecule has 1 aromatic rings. The first-order chi connectivity index (χ1) is 6.46. The fourth-order valence-electron chi connectivity index (χ4n) is 1.20. The minimum atomic E-state index is -1.98. The van der Waals surface area contributed by atoms with E-state index < -0.39 is 7.38 Å². The molecule has 2 nitrogen and oxygen atoms in total. The van der Waals surface area contributed by atoms with E-state index in [2.05, 4.69) is 0 Å². The quantitative estimate of drug-likeness (QED) is 0.458. The largest absolute Gasteiger partial charge is 0.314 e. The summed E-state index contributed by atoms with van der Waals surface area (Å²) in [6.07, 6.45) is 0.573. The molecule has 0 saturated heterocycles. The fourth-order valence-corrected chi connectivity index (χ4v) is 2.96. The van der Waals surface area contributed by atoms with Crippen LogP contribution < -0.4 is 5.56 Å². The molecular weight excluding hydrogens is 237 g/mol. The van der Waals surface area contributed by atoms with E-state index in [1.807, 2.05) is 19.5 Å². The Balaban J connectivity index is 3.03. The molecule has 5 heteroatoms. The van der Waals surface area contributed by atoms with Crippen molar-refractivity contribution in [2.24, 2.45) is 0 Å². The van der Waals surface area contributed by atoms with Crippen LogP contribution in [-0.4, -0.2) is 17.5 Å². The molecule has 1 aromatic heterocycles. The fraction of sp³-hybridized carbons (Fsp3) is 0.444. The van der Waals surface area contributed by atoms with E-state index in [0.717, 1.165) is 5.69 Å². The highest BCUT2D eigenvalue weighted by Crippen LogP contribution is 2.13. The number of rotatable bonds is 3. The van der Waals surface area contributed by atoms with Crippen molar-refractivity contribution in [1.29, 1.82) is 0 Å². The van der Waals surface area contributed by atoms with E-state index in [0.29, 0.717) is 11.7 Å². The van der Waals surface area contributed by atoms with Crippen LogP contribution in [0.25, 0.3) is 0 Å². The minimum Gasteiger partial charge on any atom is -0.314 e. The summed E-state index contributed by atoms with van der Waals surface area (Å²) in [4.78, 5) is 11.5. The molecule has 78 valence electrons. The van der Waals surface area contributed by atoms with Gasteiger partial charge in [0.05, 0.1) is 0 Å². The van der Waals surface area contributed by atoms with Gasteiger partial charge in [0.15, 0.2) is 7.38 Å². The van der Waals surface area contributed by atoms with Crippen LogP contribution in [0.5, 0.6) is 0 Å². The van der Waals surface area contributed by atoms with Crippen molar-refractivity contribution in [3.63, 3.8) is 0 Å². The maximum absolute atomic E-state index is 11.5. The van der Waals surface area contributed by atoms with Gasteiger partial charge in [-0.1, -0.05) is 12.6 Å². The van der Waals surface area contributed by atoms with Gasteiger partial charge in [-0.15, -0.1) is 11.6 Å². The Labute approximate surface area is 94.2 Å². The van der Waals surface area contributed by atoms with Crippen molar-refractivity contribution >= 4 is 30.1 Å². The van der Waals surface area contributed by atoms with Gasteiger partial charge in [-0.3, -0.25) is 4.79 Å². The number of alkyl halides is 1. The SMILES string of the molecule is Cc1cccc(=O)n1C[Si](C)(Cl)CCl. The summed E-state index contributed by atoms with van der Waals surface area (Å²) in [5, 5.41) is 0. The second-order valence-electron chi connectivity index (χ2n) is 3.64. The van der Waals surface area contributed by atoms with E-state index in [4.69, 9.17) is 22.7 Å². The third-order valence-corrected chi connectivity index (χ3v) is 6.51. The van der Waals surface area contributed by atoms with Crippen LogP contribution >= 0.6 is 22.7 Å². The lowest BCUT2D eigenvalue weighted by atomic mass is 10.4. The summed E-state index contributed by atoms with van der Waals surface area (Å²) in [7, 11) is -1.98. The number of halogens is 2. The summed E-state index contributed by atoms with van der Waals surface area (Å²) < 4.78 is 1.70. The van der Waals surface area contributed by atoms with Crippen molar-refractivity contribution in [1.82, 2.24) is 4.57 Å². The molecule has 14 heavy (non-hydrogen) atoms. The average Bonchev–Trinajstić information content (AvgIpc) is 2.12. The Kier molecular flexibility index (Phi) is 3.81. The Morgan fingerprint density at radius 1 is 1.50 bits per heavy atom. The number of nitrogens with zero attached hydrogens (tertiary/aromatic N) is 1. The third-order valence-electron chi connectivity index (χ3n) is 2.03. The van der Waals surface area contributed by atoms with Gasteiger partial charge < -0.3 is 4.57 Å². The zero-order chi connectivity index (χ0) is 10.8. The highest BCUT2D eigenvalue weighted by molar-refractivity contribution is 7.21. The van der Waals surface area contributed by atoms with Crippen molar-refractivity contribution in [3.05, 3.63) is 34.2 Å². The second-order valence-corrected chi connectivity index (χ2v) is 10.6. The smallest absolute Gasteiger partial charge is 0.250 e. The van der Waals surface area contributed by atoms with E-state index in [1.165, 1.54) is 0 Å². The summed E-state index contributed by atoms with van der Waals surface area (Å²) in [5.74, 6) is 0. The Morgan fingerprint density at radius 2 is 2.14 bits per heavy atom. The number of pyridine rings is 1. The topological polar surface area (TPSA) is 22.0 Å². The molecule has 1 unspecified atom stereocenters. The monoisotopic (exact) mass is 249 g/mol. The van der Waals surface area contributed by atoms with Crippen molar-refractivity contribution < 1.29 is 0 Å². The molecule has 0 radical (unpaired) electrons. The van der Waals surface area contributed by atoms with Crippen molar-refractivity contribution in [3.8, 4) is 0 Å². The molecule has 0 aliphatic rings. The van der Waals surface area contributed by atoms with Crippen molar-refractivity contribution in [2.75, 3.05) is 5.50 Å². The number of hydrogen-bond acceptors (Lipinski definition) is 1. The Hall–Kier alpha value is -0.253. The van der Waals surface area contributed by atoms with Crippen LogP contribution in [0.2, 0.25) is 6.55 Å². The first-order valence-corrected chi connectivity index (χ1v) is 8.84. The maximum Gasteiger partial charge on any atom is 0.250 e. The van der Waals surface area contributed by atoms with Gasteiger partial charge in [-0.05, 0) is 13.0 Å². The molecule has 1 heterocycles. The van der Waals surface area contributed by atoms with E-state index >= 15 is 0 Å². The molecule has 1 rings (SSSR count). The van der Waals surface area contributed by atoms with Gasteiger partial charge in [0.1, 0.15) is 0 Å². The molecular formula is C9H13Cl2NOSi. The standard InChI is InChI=1S/C9H13Cl2NOSi/c1-8-4-3-5-9(13)12(8)7-14(2,11)6-10/h3-5H,6-7H2,1-2H3. The molecule has 0 N–H and O–H groups in total. The zero-order valence-corrected chi connectivity index (χ0v) is 10.8. The molecule has 0 saturated carbocycles. The normalized spacial score (nSPS) is 15.1. The number of aryl methyl sites for hydroxylation is 1. The highest BCUT2D eigenvalue weighted by Gasteiger charge is 2.24. The summed E-state index contributed by atoms with van der Waals surface area (Å²) in [5.41, 5.74) is 1.38. The first-order valence-electron chi connectivity index (χ1n) is 4.37. The van der Waals surface area contributed by atoms with Gasteiger partial charge in [0.25, 0.3) is 0 Å². The summed E-state index contributed by atoms with van der Waals surface area (Å²) in [6.45, 7) is 3.86. The lowest BCUT2D eigenvalue weighted by Gasteiger charge is -2.18. The Bertz CT molecular complexity index is 375. The van der Waals surface area contributed by atoms with Crippen LogP contribution in [0.4, 0.5) is 0 Å². The molecule has 0 amide bonds. The maximum atomic E-state index is 11.5.